The Bertz CT molecular complexity index is 1210. The molecule has 170 valence electrons. The fraction of sp³-hybridized carbons (Fsp3) is 0.286. The molecule has 33 heavy (non-hydrogen) atoms. The molecule has 1 aromatic carbocycles. The Hall–Kier alpha value is -3.67. The lowest BCUT2D eigenvalue weighted by Crippen LogP contribution is -2.22. The van der Waals surface area contributed by atoms with Gasteiger partial charge in [0.15, 0.2) is 5.16 Å². The molecule has 1 fully saturated rings. The molecule has 0 unspecified atom stereocenters. The number of furan rings is 1. The van der Waals surface area contributed by atoms with Crippen LogP contribution in [-0.4, -0.2) is 42.8 Å². The van der Waals surface area contributed by atoms with Gasteiger partial charge in [-0.3, -0.25) is 4.57 Å². The van der Waals surface area contributed by atoms with Gasteiger partial charge < -0.3 is 20.4 Å². The maximum atomic E-state index is 13.2. The summed E-state index contributed by atoms with van der Waals surface area (Å²) in [6, 6.07) is 9.70. The van der Waals surface area contributed by atoms with E-state index < -0.39 is 0 Å². The van der Waals surface area contributed by atoms with E-state index in [0.717, 1.165) is 42.8 Å². The van der Waals surface area contributed by atoms with Crippen molar-refractivity contribution in [2.24, 2.45) is 0 Å². The molecule has 3 aromatic heterocycles. The summed E-state index contributed by atoms with van der Waals surface area (Å²) >= 11 is 1.46. The summed E-state index contributed by atoms with van der Waals surface area (Å²) in [6.07, 6.45) is 3.94. The van der Waals surface area contributed by atoms with Crippen molar-refractivity contribution >= 4 is 35.3 Å². The highest BCUT2D eigenvalue weighted by atomic mass is 32.2. The molecule has 1 aliphatic heterocycles. The molecule has 0 aliphatic carbocycles. The Morgan fingerprint density at radius 3 is 2.64 bits per heavy atom. The van der Waals surface area contributed by atoms with E-state index in [1.807, 2.05) is 12.1 Å². The van der Waals surface area contributed by atoms with Gasteiger partial charge in [0.25, 0.3) is 0 Å². The summed E-state index contributed by atoms with van der Waals surface area (Å²) < 4.78 is 20.8. The molecular formula is C21H22FN9OS. The first-order chi connectivity index (χ1) is 16.1. The standard InChI is InChI=1S/C21H22FN9OS/c22-14-5-7-15(8-6-14)24-19-26-17(25-18(23)27-19)13-33-21-29-28-20(30-9-1-2-10-30)31(21)12-16-4-3-11-32-16/h3-8,11H,1-2,9-10,12-13H2,(H3,23,24,25,26,27). The molecule has 0 bridgehead atoms. The molecule has 10 nitrogen and oxygen atoms in total. The Kier molecular flexibility index (Phi) is 6.07. The lowest BCUT2D eigenvalue weighted by molar-refractivity contribution is 0.483. The van der Waals surface area contributed by atoms with Gasteiger partial charge in [-0.2, -0.15) is 15.0 Å². The minimum absolute atomic E-state index is 0.0972. The topological polar surface area (TPSA) is 124 Å². The van der Waals surface area contributed by atoms with Crippen LogP contribution in [0.1, 0.15) is 24.4 Å². The maximum absolute atomic E-state index is 13.2. The summed E-state index contributed by atoms with van der Waals surface area (Å²) in [4.78, 5) is 15.0. The molecule has 0 radical (unpaired) electrons. The Labute approximate surface area is 193 Å². The van der Waals surface area contributed by atoms with E-state index in [2.05, 4.69) is 39.9 Å². The van der Waals surface area contributed by atoms with E-state index in [4.69, 9.17) is 10.2 Å². The monoisotopic (exact) mass is 467 g/mol. The SMILES string of the molecule is Nc1nc(CSc2nnc(N3CCCC3)n2Cc2ccco2)nc(Nc2ccc(F)cc2)n1. The Morgan fingerprint density at radius 1 is 1.06 bits per heavy atom. The highest BCUT2D eigenvalue weighted by Gasteiger charge is 2.22. The number of rotatable bonds is 8. The molecule has 5 rings (SSSR count). The quantitative estimate of drug-likeness (QED) is 0.372. The molecule has 4 heterocycles. The number of aromatic nitrogens is 6. The van der Waals surface area contributed by atoms with Crippen LogP contribution in [-0.2, 0) is 12.3 Å². The second-order valence-corrected chi connectivity index (χ2v) is 8.44. The Balaban J connectivity index is 1.34. The number of nitrogen functional groups attached to an aromatic ring is 1. The molecule has 0 spiro atoms. The van der Waals surface area contributed by atoms with Gasteiger partial charge in [-0.15, -0.1) is 10.2 Å². The van der Waals surface area contributed by atoms with Crippen LogP contribution in [0.4, 0.5) is 27.9 Å². The van der Waals surface area contributed by atoms with Crippen molar-refractivity contribution in [3.8, 4) is 0 Å². The molecule has 4 aromatic rings. The van der Waals surface area contributed by atoms with E-state index in [-0.39, 0.29) is 11.8 Å². The van der Waals surface area contributed by atoms with Gasteiger partial charge in [-0.1, -0.05) is 11.8 Å². The van der Waals surface area contributed by atoms with Crippen LogP contribution in [0.2, 0.25) is 0 Å². The summed E-state index contributed by atoms with van der Waals surface area (Å²) in [5.41, 5.74) is 6.54. The lowest BCUT2D eigenvalue weighted by atomic mass is 10.3. The van der Waals surface area contributed by atoms with E-state index in [1.54, 1.807) is 18.4 Å². The molecule has 3 N–H and O–H groups in total. The second kappa shape index (κ2) is 9.45. The largest absolute Gasteiger partial charge is 0.467 e. The van der Waals surface area contributed by atoms with Crippen molar-refractivity contribution < 1.29 is 8.81 Å². The van der Waals surface area contributed by atoms with Crippen molar-refractivity contribution in [3.63, 3.8) is 0 Å². The summed E-state index contributed by atoms with van der Waals surface area (Å²) in [6.45, 7) is 2.46. The number of nitrogens with zero attached hydrogens (tertiary/aromatic N) is 7. The van der Waals surface area contributed by atoms with Crippen molar-refractivity contribution in [2.75, 3.05) is 29.0 Å². The van der Waals surface area contributed by atoms with E-state index in [0.29, 0.717) is 29.8 Å². The normalized spacial score (nSPS) is 13.5. The van der Waals surface area contributed by atoms with Crippen LogP contribution in [0.15, 0.2) is 52.2 Å². The fourth-order valence-electron chi connectivity index (χ4n) is 3.59. The summed E-state index contributed by atoms with van der Waals surface area (Å²) in [5, 5.41) is 12.6. The first-order valence-electron chi connectivity index (χ1n) is 10.5. The number of hydrogen-bond acceptors (Lipinski definition) is 10. The first kappa shape index (κ1) is 21.2. The number of anilines is 4. The van der Waals surface area contributed by atoms with Crippen molar-refractivity contribution in [2.45, 2.75) is 30.3 Å². The third kappa shape index (κ3) is 5.06. The average molecular weight is 468 g/mol. The van der Waals surface area contributed by atoms with Crippen LogP contribution >= 0.6 is 11.8 Å². The number of hydrogen-bond donors (Lipinski definition) is 2. The third-order valence-electron chi connectivity index (χ3n) is 5.11. The predicted molar refractivity (Wildman–Crippen MR) is 123 cm³/mol. The highest BCUT2D eigenvalue weighted by Crippen LogP contribution is 2.28. The molecule has 0 saturated carbocycles. The number of nitrogens with one attached hydrogen (secondary N) is 1. The maximum Gasteiger partial charge on any atom is 0.232 e. The lowest BCUT2D eigenvalue weighted by Gasteiger charge is -2.17. The fourth-order valence-corrected chi connectivity index (χ4v) is 4.37. The number of nitrogens with two attached hydrogens (primary N) is 1. The van der Waals surface area contributed by atoms with Gasteiger partial charge in [0.1, 0.15) is 17.4 Å². The molecule has 0 amide bonds. The smallest absolute Gasteiger partial charge is 0.232 e. The Morgan fingerprint density at radius 2 is 1.88 bits per heavy atom. The van der Waals surface area contributed by atoms with Crippen LogP contribution in [0.5, 0.6) is 0 Å². The molecule has 0 atom stereocenters. The van der Waals surface area contributed by atoms with Crippen LogP contribution in [0, 0.1) is 5.82 Å². The second-order valence-electron chi connectivity index (χ2n) is 7.50. The van der Waals surface area contributed by atoms with Gasteiger partial charge in [0, 0.05) is 18.8 Å². The molecule has 12 heteroatoms. The summed E-state index contributed by atoms with van der Waals surface area (Å²) in [5.74, 6) is 2.64. The minimum Gasteiger partial charge on any atom is -0.467 e. The predicted octanol–water partition coefficient (Wildman–Crippen LogP) is 3.46. The van der Waals surface area contributed by atoms with E-state index >= 15 is 0 Å². The van der Waals surface area contributed by atoms with Crippen molar-refractivity contribution in [3.05, 3.63) is 60.1 Å². The van der Waals surface area contributed by atoms with Gasteiger partial charge >= 0.3 is 0 Å². The van der Waals surface area contributed by atoms with Gasteiger partial charge in [-0.05, 0) is 49.2 Å². The first-order valence-corrected chi connectivity index (χ1v) is 11.5. The van der Waals surface area contributed by atoms with E-state index in [9.17, 15) is 4.39 Å². The zero-order chi connectivity index (χ0) is 22.6. The molecule has 1 aliphatic rings. The van der Waals surface area contributed by atoms with Crippen LogP contribution in [0.3, 0.4) is 0 Å². The minimum atomic E-state index is -0.320. The average Bonchev–Trinajstić information content (AvgIpc) is 3.56. The molecular weight excluding hydrogens is 445 g/mol. The summed E-state index contributed by atoms with van der Waals surface area (Å²) in [7, 11) is 0. The van der Waals surface area contributed by atoms with Gasteiger partial charge in [0.05, 0.1) is 18.6 Å². The van der Waals surface area contributed by atoms with Crippen LogP contribution in [0.25, 0.3) is 0 Å². The zero-order valence-electron chi connectivity index (χ0n) is 17.7. The zero-order valence-corrected chi connectivity index (χ0v) is 18.5. The molecule has 1 saturated heterocycles. The number of halogens is 1. The van der Waals surface area contributed by atoms with Crippen molar-refractivity contribution in [1.29, 1.82) is 0 Å². The van der Waals surface area contributed by atoms with Crippen molar-refractivity contribution in [1.82, 2.24) is 29.7 Å². The van der Waals surface area contributed by atoms with Crippen LogP contribution < -0.4 is 16.0 Å². The number of benzene rings is 1. The number of thioether (sulfide) groups is 1. The third-order valence-corrected chi connectivity index (χ3v) is 6.07. The van der Waals surface area contributed by atoms with Gasteiger partial charge in [-0.25, -0.2) is 4.39 Å². The van der Waals surface area contributed by atoms with Gasteiger partial charge in [0.2, 0.25) is 17.8 Å². The highest BCUT2D eigenvalue weighted by molar-refractivity contribution is 7.98. The van der Waals surface area contributed by atoms with E-state index in [1.165, 1.54) is 23.9 Å².